The van der Waals surface area contributed by atoms with Crippen molar-refractivity contribution in [3.05, 3.63) is 34.3 Å². The molecule has 0 spiro atoms. The first-order valence-electron chi connectivity index (χ1n) is 8.15. The zero-order valence-corrected chi connectivity index (χ0v) is 17.3. The zero-order valence-electron chi connectivity index (χ0n) is 14.9. The molecule has 3 atom stereocenters. The molecule has 0 aromatic heterocycles. The molecule has 6 nitrogen and oxygen atoms in total. The highest BCUT2D eigenvalue weighted by atomic mass is 79.9. The van der Waals surface area contributed by atoms with Gasteiger partial charge in [0, 0.05) is 22.7 Å². The monoisotopic (exact) mass is 432 g/mol. The van der Waals surface area contributed by atoms with Crippen LogP contribution in [-0.4, -0.2) is 43.2 Å². The van der Waals surface area contributed by atoms with E-state index in [1.165, 1.54) is 0 Å². The van der Waals surface area contributed by atoms with Gasteiger partial charge in [-0.3, -0.25) is 0 Å². The van der Waals surface area contributed by atoms with Gasteiger partial charge in [-0.2, -0.15) is 0 Å². The van der Waals surface area contributed by atoms with E-state index in [2.05, 4.69) is 21.2 Å². The van der Waals surface area contributed by atoms with Gasteiger partial charge < -0.3 is 15.8 Å². The van der Waals surface area contributed by atoms with Crippen LogP contribution in [0.4, 0.5) is 4.79 Å². The van der Waals surface area contributed by atoms with Crippen LogP contribution >= 0.6 is 15.9 Å². The molecule has 1 aliphatic carbocycles. The van der Waals surface area contributed by atoms with Crippen LogP contribution in [0, 0.1) is 0 Å². The van der Waals surface area contributed by atoms with Crippen LogP contribution in [0.2, 0.25) is 0 Å². The number of hydrogen-bond acceptors (Lipinski definition) is 5. The third-order valence-corrected chi connectivity index (χ3v) is 7.15. The summed E-state index contributed by atoms with van der Waals surface area (Å²) in [6.45, 7) is 6.86. The highest BCUT2D eigenvalue weighted by Crippen LogP contribution is 2.55. The molecule has 8 heteroatoms. The Labute approximate surface area is 157 Å². The van der Waals surface area contributed by atoms with Crippen molar-refractivity contribution in [2.45, 2.75) is 50.0 Å². The predicted molar refractivity (Wildman–Crippen MR) is 101 cm³/mol. The molecule has 1 aromatic rings. The van der Waals surface area contributed by atoms with Crippen LogP contribution in [0.3, 0.4) is 0 Å². The molecule has 0 unspecified atom stereocenters. The van der Waals surface area contributed by atoms with E-state index in [1.54, 1.807) is 27.7 Å². The Kier molecular flexibility index (Phi) is 5.56. The average Bonchev–Trinajstić information content (AvgIpc) is 3.15. The molecule has 3 N–H and O–H groups in total. The molecular weight excluding hydrogens is 408 g/mol. The third kappa shape index (κ3) is 4.17. The van der Waals surface area contributed by atoms with Crippen molar-refractivity contribution < 1.29 is 17.9 Å². The highest BCUT2D eigenvalue weighted by Gasteiger charge is 2.71. The Morgan fingerprint density at radius 2 is 1.88 bits per heavy atom. The Morgan fingerprint density at radius 1 is 1.32 bits per heavy atom. The van der Waals surface area contributed by atoms with E-state index >= 15 is 0 Å². The molecule has 1 aliphatic rings. The van der Waals surface area contributed by atoms with E-state index in [0.29, 0.717) is 0 Å². The Bertz CT molecular complexity index is 743. The number of sulfone groups is 1. The first-order valence-corrected chi connectivity index (χ1v) is 10.7. The first kappa shape index (κ1) is 20.2. The number of nitrogens with two attached hydrogens (primary N) is 1. The molecule has 0 radical (unpaired) electrons. The summed E-state index contributed by atoms with van der Waals surface area (Å²) in [5, 5.41) is 1.99. The fourth-order valence-electron chi connectivity index (χ4n) is 3.19. The normalized spacial score (nSPS) is 26.2. The van der Waals surface area contributed by atoms with Crippen molar-refractivity contribution in [1.29, 1.82) is 0 Å². The third-order valence-electron chi connectivity index (χ3n) is 4.35. The molecule has 1 saturated carbocycles. The minimum absolute atomic E-state index is 0.0108. The van der Waals surface area contributed by atoms with Gasteiger partial charge in [-0.25, -0.2) is 13.2 Å². The number of carbonyl (C=O) groups excluding carboxylic acids is 1. The second-order valence-corrected chi connectivity index (χ2v) is 10.6. The average molecular weight is 433 g/mol. The fraction of sp³-hybridized carbons (Fsp3) is 0.588. The quantitative estimate of drug-likeness (QED) is 0.744. The number of carbonyl (C=O) groups is 1. The van der Waals surface area contributed by atoms with Crippen molar-refractivity contribution >= 4 is 31.9 Å². The van der Waals surface area contributed by atoms with Crippen LogP contribution in [0.25, 0.3) is 0 Å². The largest absolute Gasteiger partial charge is 0.444 e. The first-order chi connectivity index (χ1) is 11.5. The number of amides is 1. The molecule has 1 amide bonds. The summed E-state index contributed by atoms with van der Waals surface area (Å²) in [5.41, 5.74) is 5.03. The molecule has 0 bridgehead atoms. The second-order valence-electron chi connectivity index (χ2n) is 7.27. The maximum atomic E-state index is 12.6. The van der Waals surface area contributed by atoms with Crippen LogP contribution in [0.5, 0.6) is 0 Å². The second kappa shape index (κ2) is 6.89. The number of benzene rings is 1. The number of alkyl carbamates (subject to hydrolysis) is 1. The van der Waals surface area contributed by atoms with Crippen molar-refractivity contribution in [2.75, 3.05) is 12.3 Å². The van der Waals surface area contributed by atoms with Gasteiger partial charge in [-0.15, -0.1) is 0 Å². The molecule has 0 aliphatic heterocycles. The zero-order chi connectivity index (χ0) is 19.0. The van der Waals surface area contributed by atoms with E-state index in [4.69, 9.17) is 10.5 Å². The van der Waals surface area contributed by atoms with Gasteiger partial charge >= 0.3 is 6.09 Å². The lowest BCUT2D eigenvalue weighted by atomic mass is 10.1. The number of hydrogen-bond donors (Lipinski definition) is 2. The number of halogens is 1. The summed E-state index contributed by atoms with van der Waals surface area (Å²) in [6, 6.07) is 7.39. The molecule has 140 valence electrons. The molecule has 0 saturated heterocycles. The minimum Gasteiger partial charge on any atom is -0.444 e. The summed E-state index contributed by atoms with van der Waals surface area (Å²) in [5.74, 6) is -0.411. The highest BCUT2D eigenvalue weighted by molar-refractivity contribution is 9.10. The summed E-state index contributed by atoms with van der Waals surface area (Å²) in [4.78, 5) is 12.3. The number of ether oxygens (including phenoxy) is 1. The summed E-state index contributed by atoms with van der Waals surface area (Å²) < 4.78 is 31.4. The number of rotatable bonds is 5. The van der Waals surface area contributed by atoms with Gasteiger partial charge in [0.1, 0.15) is 5.60 Å². The van der Waals surface area contributed by atoms with Gasteiger partial charge in [0.25, 0.3) is 0 Å². The van der Waals surface area contributed by atoms with Crippen LogP contribution in [-0.2, 0) is 14.6 Å². The molecule has 0 heterocycles. The number of nitrogens with one attached hydrogen (secondary N) is 1. The van der Waals surface area contributed by atoms with Crippen molar-refractivity contribution in [2.24, 2.45) is 5.73 Å². The molecule has 2 rings (SSSR count). The van der Waals surface area contributed by atoms with Gasteiger partial charge in [0.05, 0.1) is 10.8 Å². The Morgan fingerprint density at radius 3 is 2.32 bits per heavy atom. The smallest absolute Gasteiger partial charge is 0.408 e. The van der Waals surface area contributed by atoms with Gasteiger partial charge in [-0.05, 0) is 38.5 Å². The van der Waals surface area contributed by atoms with E-state index in [-0.39, 0.29) is 12.3 Å². The Hall–Kier alpha value is -1.12. The van der Waals surface area contributed by atoms with E-state index in [1.807, 2.05) is 24.3 Å². The summed E-state index contributed by atoms with van der Waals surface area (Å²) >= 11 is 3.37. The summed E-state index contributed by atoms with van der Waals surface area (Å²) in [6.07, 6.45) is -0.658. The topological polar surface area (TPSA) is 98.5 Å². The lowest BCUT2D eigenvalue weighted by molar-refractivity contribution is 0.0497. The van der Waals surface area contributed by atoms with Gasteiger partial charge in [0.2, 0.25) is 0 Å². The molecule has 1 fully saturated rings. The van der Waals surface area contributed by atoms with Crippen molar-refractivity contribution in [1.82, 2.24) is 5.32 Å². The Balaban J connectivity index is 2.38. The van der Waals surface area contributed by atoms with Crippen LogP contribution < -0.4 is 11.1 Å². The standard InChI is InChI=1S/C17H25BrN2O4S/c1-5-25(22,23)14-13(11-6-8-12(18)9-7-11)17(14,10-19)20-15(21)24-16(2,3)4/h6-9,13-14H,5,10,19H2,1-4H3,(H,20,21)/t13-,14+,17-/m0/s1. The lowest BCUT2D eigenvalue weighted by Crippen LogP contribution is -2.49. The van der Waals surface area contributed by atoms with E-state index in [0.717, 1.165) is 10.0 Å². The SMILES string of the molecule is CCS(=O)(=O)[C@@H]1[C@H](c2ccc(Br)cc2)[C@]1(CN)NC(=O)OC(C)(C)C. The predicted octanol–water partition coefficient (Wildman–Crippen LogP) is 2.57. The maximum Gasteiger partial charge on any atom is 0.408 e. The van der Waals surface area contributed by atoms with Gasteiger partial charge in [-0.1, -0.05) is 35.0 Å². The van der Waals surface area contributed by atoms with E-state index < -0.39 is 38.2 Å². The van der Waals surface area contributed by atoms with Gasteiger partial charge in [0.15, 0.2) is 9.84 Å². The summed E-state index contributed by atoms with van der Waals surface area (Å²) in [7, 11) is -3.40. The maximum absolute atomic E-state index is 12.6. The minimum atomic E-state index is -3.40. The van der Waals surface area contributed by atoms with Crippen LogP contribution in [0.15, 0.2) is 28.7 Å². The van der Waals surface area contributed by atoms with Crippen LogP contribution in [0.1, 0.15) is 39.2 Å². The molecule has 1 aromatic carbocycles. The lowest BCUT2D eigenvalue weighted by Gasteiger charge is -2.24. The molecular formula is C17H25BrN2O4S. The van der Waals surface area contributed by atoms with Crippen molar-refractivity contribution in [3.8, 4) is 0 Å². The fourth-order valence-corrected chi connectivity index (χ4v) is 5.49. The van der Waals surface area contributed by atoms with E-state index in [9.17, 15) is 13.2 Å². The molecule has 25 heavy (non-hydrogen) atoms. The van der Waals surface area contributed by atoms with Crippen molar-refractivity contribution in [3.63, 3.8) is 0 Å².